The van der Waals surface area contributed by atoms with E-state index < -0.39 is 14.8 Å². The quantitative estimate of drug-likeness (QED) is 0.779. The number of rotatable bonds is 6. The van der Waals surface area contributed by atoms with E-state index in [1.165, 1.54) is 0 Å². The number of nitrogens with one attached hydrogen (secondary N) is 2. The van der Waals surface area contributed by atoms with E-state index in [4.69, 9.17) is 0 Å². The molecular formula is C21H31N3O2S. The maximum atomic E-state index is 12.3. The number of nitrogens with zero attached hydrogens (tertiary/aromatic N) is 1. The molecule has 1 fully saturated rings. The molecule has 0 atom stereocenters. The molecular weight excluding hydrogens is 358 g/mol. The molecule has 0 radical (unpaired) electrons. The largest absolute Gasteiger partial charge is 0.385 e. The molecule has 1 saturated carbocycles. The van der Waals surface area contributed by atoms with E-state index in [2.05, 4.69) is 38.9 Å². The van der Waals surface area contributed by atoms with Crippen molar-refractivity contribution in [2.24, 2.45) is 5.92 Å². The van der Waals surface area contributed by atoms with Gasteiger partial charge in [-0.2, -0.15) is 0 Å². The fourth-order valence-corrected chi connectivity index (χ4v) is 4.45. The highest BCUT2D eigenvalue weighted by Gasteiger charge is 2.32. The summed E-state index contributed by atoms with van der Waals surface area (Å²) in [4.78, 5) is 0. The summed E-state index contributed by atoms with van der Waals surface area (Å²) in [5.74, 6) is 0.579. The Balaban J connectivity index is 1.48. The molecule has 1 aliphatic carbocycles. The van der Waals surface area contributed by atoms with E-state index in [1.807, 2.05) is 24.5 Å². The number of anilines is 1. The lowest BCUT2D eigenvalue weighted by Gasteiger charge is -2.31. The third-order valence-corrected chi connectivity index (χ3v) is 7.57. The summed E-state index contributed by atoms with van der Waals surface area (Å²) in [6.45, 7) is 6.15. The lowest BCUT2D eigenvalue weighted by Crippen LogP contribution is -2.46. The summed E-state index contributed by atoms with van der Waals surface area (Å²) in [5.41, 5.74) is 2.27. The highest BCUT2D eigenvalue weighted by atomic mass is 32.2. The molecule has 0 bridgehead atoms. The molecule has 0 spiro atoms. The Hall–Kier alpha value is -1.79. The minimum absolute atomic E-state index is 0.0718. The van der Waals surface area contributed by atoms with Gasteiger partial charge in [-0.3, -0.25) is 0 Å². The molecule has 0 amide bonds. The summed E-state index contributed by atoms with van der Waals surface area (Å²) in [5, 5.41) is 3.55. The predicted octanol–water partition coefficient (Wildman–Crippen LogP) is 4.17. The number of hydrogen-bond donors (Lipinski definition) is 2. The monoisotopic (exact) mass is 389 g/mol. The minimum atomic E-state index is -3.26. The average Bonchev–Trinajstić information content (AvgIpc) is 3.15. The molecule has 1 aromatic carbocycles. The van der Waals surface area contributed by atoms with Gasteiger partial charge < -0.3 is 9.88 Å². The van der Waals surface area contributed by atoms with Crippen LogP contribution in [0.1, 0.15) is 46.5 Å². The van der Waals surface area contributed by atoms with Crippen LogP contribution in [0.4, 0.5) is 5.69 Å². The molecule has 2 N–H and O–H groups in total. The molecule has 27 heavy (non-hydrogen) atoms. The summed E-state index contributed by atoms with van der Waals surface area (Å²) in [6.07, 6.45) is 7.98. The van der Waals surface area contributed by atoms with Crippen LogP contribution in [-0.2, 0) is 10.0 Å². The molecule has 1 aromatic heterocycles. The van der Waals surface area contributed by atoms with Gasteiger partial charge in [-0.25, -0.2) is 13.1 Å². The van der Waals surface area contributed by atoms with E-state index >= 15 is 0 Å². The average molecular weight is 390 g/mol. The Kier molecular flexibility index (Phi) is 5.96. The summed E-state index contributed by atoms with van der Waals surface area (Å²) < 4.78 is 28.9. The second kappa shape index (κ2) is 8.07. The van der Waals surface area contributed by atoms with E-state index in [9.17, 15) is 8.42 Å². The Morgan fingerprint density at radius 2 is 1.70 bits per heavy atom. The highest BCUT2D eigenvalue weighted by Crippen LogP contribution is 2.27. The van der Waals surface area contributed by atoms with Gasteiger partial charge in [0.05, 0.1) is 4.75 Å². The van der Waals surface area contributed by atoms with Crippen LogP contribution in [0.3, 0.4) is 0 Å². The molecule has 2 aromatic rings. The highest BCUT2D eigenvalue weighted by molar-refractivity contribution is 7.90. The van der Waals surface area contributed by atoms with Gasteiger partial charge in [-0.15, -0.1) is 0 Å². The number of aromatic nitrogens is 1. The second-order valence-electron chi connectivity index (χ2n) is 8.47. The molecule has 1 heterocycles. The van der Waals surface area contributed by atoms with Crippen molar-refractivity contribution in [2.45, 2.75) is 57.2 Å². The summed E-state index contributed by atoms with van der Waals surface area (Å²) in [7, 11) is -3.26. The van der Waals surface area contributed by atoms with Crippen LogP contribution >= 0.6 is 0 Å². The van der Waals surface area contributed by atoms with Gasteiger partial charge in [0.15, 0.2) is 0 Å². The summed E-state index contributed by atoms with van der Waals surface area (Å²) in [6, 6.07) is 12.5. The molecule has 3 rings (SSSR count). The number of sulfonamides is 1. The molecule has 5 nitrogen and oxygen atoms in total. The van der Waals surface area contributed by atoms with Gasteiger partial charge in [0.25, 0.3) is 0 Å². The van der Waals surface area contributed by atoms with E-state index in [1.54, 1.807) is 20.8 Å². The smallest absolute Gasteiger partial charge is 0.216 e. The van der Waals surface area contributed by atoms with Gasteiger partial charge >= 0.3 is 0 Å². The third-order valence-electron chi connectivity index (χ3n) is 5.32. The Morgan fingerprint density at radius 3 is 2.33 bits per heavy atom. The van der Waals surface area contributed by atoms with Gasteiger partial charge in [-0.1, -0.05) is 6.07 Å². The van der Waals surface area contributed by atoms with Gasteiger partial charge in [0, 0.05) is 36.4 Å². The molecule has 0 unspecified atom stereocenters. The van der Waals surface area contributed by atoms with Crippen LogP contribution < -0.4 is 10.0 Å². The second-order valence-corrected chi connectivity index (χ2v) is 10.9. The zero-order chi connectivity index (χ0) is 19.5. The van der Waals surface area contributed by atoms with Gasteiger partial charge in [0.2, 0.25) is 10.0 Å². The van der Waals surface area contributed by atoms with Crippen molar-refractivity contribution in [3.8, 4) is 5.69 Å². The van der Waals surface area contributed by atoms with Gasteiger partial charge in [-0.05, 0) is 82.7 Å². The van der Waals surface area contributed by atoms with Crippen LogP contribution in [0.25, 0.3) is 5.69 Å². The third kappa shape index (κ3) is 5.14. The van der Waals surface area contributed by atoms with Crippen molar-refractivity contribution >= 4 is 15.7 Å². The van der Waals surface area contributed by atoms with Crippen molar-refractivity contribution in [3.05, 3.63) is 48.8 Å². The SMILES string of the molecule is CC(C)(C)S(=O)(=O)N[C@H]1CC[C@H](CNc2cccc(-n3cccc3)c2)CC1. The maximum absolute atomic E-state index is 12.3. The van der Waals surface area contributed by atoms with Crippen molar-refractivity contribution in [1.29, 1.82) is 0 Å². The molecule has 1 aliphatic rings. The maximum Gasteiger partial charge on any atom is 0.216 e. The fourth-order valence-electron chi connectivity index (χ4n) is 3.43. The van der Waals surface area contributed by atoms with Crippen molar-refractivity contribution in [1.82, 2.24) is 9.29 Å². The Morgan fingerprint density at radius 1 is 1.04 bits per heavy atom. The topological polar surface area (TPSA) is 63.1 Å². The van der Waals surface area contributed by atoms with Crippen LogP contribution in [0.5, 0.6) is 0 Å². The Labute approximate surface area is 163 Å². The van der Waals surface area contributed by atoms with E-state index in [0.717, 1.165) is 43.6 Å². The molecule has 148 valence electrons. The van der Waals surface area contributed by atoms with Crippen molar-refractivity contribution in [3.63, 3.8) is 0 Å². The van der Waals surface area contributed by atoms with Crippen molar-refractivity contribution in [2.75, 3.05) is 11.9 Å². The van der Waals surface area contributed by atoms with E-state index in [0.29, 0.717) is 5.92 Å². The fraction of sp³-hybridized carbons (Fsp3) is 0.524. The first-order valence-corrected chi connectivity index (χ1v) is 11.2. The zero-order valence-corrected chi connectivity index (χ0v) is 17.3. The Bertz CT molecular complexity index is 831. The van der Waals surface area contributed by atoms with Gasteiger partial charge in [0.1, 0.15) is 0 Å². The first-order chi connectivity index (χ1) is 12.7. The number of hydrogen-bond acceptors (Lipinski definition) is 3. The molecule has 0 aliphatic heterocycles. The summed E-state index contributed by atoms with van der Waals surface area (Å²) >= 11 is 0. The lowest BCUT2D eigenvalue weighted by atomic mass is 9.86. The first-order valence-electron chi connectivity index (χ1n) is 9.74. The van der Waals surface area contributed by atoms with E-state index in [-0.39, 0.29) is 6.04 Å². The lowest BCUT2D eigenvalue weighted by molar-refractivity contribution is 0.322. The van der Waals surface area contributed by atoms with Crippen LogP contribution in [-0.4, -0.2) is 30.3 Å². The van der Waals surface area contributed by atoms with Crippen LogP contribution in [0.15, 0.2) is 48.8 Å². The zero-order valence-electron chi connectivity index (χ0n) is 16.5. The predicted molar refractivity (Wildman–Crippen MR) is 112 cm³/mol. The first kappa shape index (κ1) is 20.0. The number of benzene rings is 1. The van der Waals surface area contributed by atoms with Crippen molar-refractivity contribution < 1.29 is 8.42 Å². The minimum Gasteiger partial charge on any atom is -0.385 e. The molecule has 0 saturated heterocycles. The standard InChI is InChI=1S/C21H31N3O2S/c1-21(2,3)27(25,26)23-18-11-9-17(10-12-18)16-22-19-7-6-8-20(15-19)24-13-4-5-14-24/h4-8,13-15,17-18,22-23H,9-12,16H2,1-3H3/t17-,18-. The van der Waals surface area contributed by atoms with Crippen LogP contribution in [0, 0.1) is 5.92 Å². The molecule has 6 heteroatoms. The van der Waals surface area contributed by atoms with Crippen LogP contribution in [0.2, 0.25) is 0 Å². The normalized spacial score (nSPS) is 21.1.